The number of carbonyl (C=O) groups excluding carboxylic acids is 1. The van der Waals surface area contributed by atoms with E-state index >= 15 is 0 Å². The number of amides is 1. The zero-order valence-electron chi connectivity index (χ0n) is 20.3. The highest BCUT2D eigenvalue weighted by Gasteiger charge is 2.19. The Balaban J connectivity index is 1.69. The minimum absolute atomic E-state index is 0.193. The minimum atomic E-state index is -1.07. The van der Waals surface area contributed by atoms with Crippen molar-refractivity contribution in [1.29, 1.82) is 0 Å². The maximum Gasteiger partial charge on any atom is 0.323 e. The number of rotatable bonds is 11. The van der Waals surface area contributed by atoms with Crippen molar-refractivity contribution in [2.24, 2.45) is 0 Å². The van der Waals surface area contributed by atoms with E-state index in [1.54, 1.807) is 48.7 Å². The molecular formula is C27H28F2N2O4S. The number of likely N-dealkylation sites (N-methyl/N-ethyl adjacent to an activating group) is 1. The lowest BCUT2D eigenvalue weighted by atomic mass is 10.1. The second-order valence-electron chi connectivity index (χ2n) is 8.40. The van der Waals surface area contributed by atoms with E-state index in [1.807, 2.05) is 25.1 Å². The molecule has 0 spiro atoms. The summed E-state index contributed by atoms with van der Waals surface area (Å²) in [5.41, 5.74) is 2.46. The monoisotopic (exact) mass is 514 g/mol. The second kappa shape index (κ2) is 12.5. The standard InChI is InChI=1S/C27H28F2N2O4S/c1-30(2)11-12-31(16-26(32)33)27(34)20-6-4-5-18(13-20)17-35-21-9-7-19(8-10-21)22-14-23(28)24(29)15-25(22)36-3/h4-10,13-15H,11-12,16-17H2,1-3H3,(H,32,33). The number of carboxylic acid groups (broad SMARTS) is 1. The van der Waals surface area contributed by atoms with Gasteiger partial charge in [-0.3, -0.25) is 9.59 Å². The first-order valence-corrected chi connectivity index (χ1v) is 12.4. The van der Waals surface area contributed by atoms with E-state index < -0.39 is 17.6 Å². The molecular weight excluding hydrogens is 486 g/mol. The van der Waals surface area contributed by atoms with Crippen molar-refractivity contribution < 1.29 is 28.2 Å². The van der Waals surface area contributed by atoms with E-state index in [0.717, 1.165) is 11.1 Å². The highest BCUT2D eigenvalue weighted by molar-refractivity contribution is 7.98. The van der Waals surface area contributed by atoms with Crippen molar-refractivity contribution in [1.82, 2.24) is 9.80 Å². The number of thioether (sulfide) groups is 1. The number of nitrogens with zero attached hydrogens (tertiary/aromatic N) is 2. The van der Waals surface area contributed by atoms with Gasteiger partial charge in [-0.25, -0.2) is 8.78 Å². The summed E-state index contributed by atoms with van der Waals surface area (Å²) in [5.74, 6) is -2.64. The fraction of sp³-hybridized carbons (Fsp3) is 0.259. The molecule has 3 aromatic rings. The summed E-state index contributed by atoms with van der Waals surface area (Å²) in [5, 5.41) is 9.19. The quantitative estimate of drug-likeness (QED) is 0.363. The Kier molecular flexibility index (Phi) is 9.44. The molecule has 9 heteroatoms. The van der Waals surface area contributed by atoms with Crippen LogP contribution in [0.2, 0.25) is 0 Å². The van der Waals surface area contributed by atoms with Crippen molar-refractivity contribution in [2.75, 3.05) is 40.0 Å². The number of halogens is 2. The number of benzene rings is 3. The van der Waals surface area contributed by atoms with Crippen molar-refractivity contribution in [3.05, 3.63) is 83.4 Å². The number of carbonyl (C=O) groups is 2. The predicted molar refractivity (Wildman–Crippen MR) is 136 cm³/mol. The van der Waals surface area contributed by atoms with Crippen LogP contribution in [0.4, 0.5) is 8.78 Å². The molecule has 0 bridgehead atoms. The first kappa shape index (κ1) is 27.2. The highest BCUT2D eigenvalue weighted by Crippen LogP contribution is 2.33. The maximum atomic E-state index is 13.8. The van der Waals surface area contributed by atoms with E-state index in [0.29, 0.717) is 34.9 Å². The van der Waals surface area contributed by atoms with Gasteiger partial charge >= 0.3 is 5.97 Å². The van der Waals surface area contributed by atoms with Gasteiger partial charge < -0.3 is 19.6 Å². The van der Waals surface area contributed by atoms with Crippen LogP contribution in [0.15, 0.2) is 65.6 Å². The lowest BCUT2D eigenvalue weighted by Gasteiger charge is -2.23. The number of ether oxygens (including phenoxy) is 1. The third-order valence-corrected chi connectivity index (χ3v) is 6.20. The Hall–Kier alpha value is -3.43. The van der Waals surface area contributed by atoms with Crippen molar-refractivity contribution in [3.63, 3.8) is 0 Å². The van der Waals surface area contributed by atoms with Gasteiger partial charge in [0.1, 0.15) is 18.9 Å². The molecule has 0 saturated carbocycles. The molecule has 0 unspecified atom stereocenters. The van der Waals surface area contributed by atoms with Gasteiger partial charge in [0.15, 0.2) is 11.6 Å². The van der Waals surface area contributed by atoms with Gasteiger partial charge in [0.05, 0.1) is 0 Å². The molecule has 190 valence electrons. The first-order chi connectivity index (χ1) is 17.2. The average Bonchev–Trinajstić information content (AvgIpc) is 2.86. The summed E-state index contributed by atoms with van der Waals surface area (Å²) in [7, 11) is 3.71. The normalized spacial score (nSPS) is 10.9. The molecule has 0 aliphatic carbocycles. The third kappa shape index (κ3) is 7.29. The number of carboxylic acids is 1. The Bertz CT molecular complexity index is 1220. The largest absolute Gasteiger partial charge is 0.489 e. The van der Waals surface area contributed by atoms with E-state index in [4.69, 9.17) is 4.74 Å². The summed E-state index contributed by atoms with van der Waals surface area (Å²) < 4.78 is 33.2. The van der Waals surface area contributed by atoms with Crippen LogP contribution in [0.3, 0.4) is 0 Å². The van der Waals surface area contributed by atoms with Crippen LogP contribution in [0, 0.1) is 11.6 Å². The molecule has 6 nitrogen and oxygen atoms in total. The third-order valence-electron chi connectivity index (χ3n) is 5.42. The van der Waals surface area contributed by atoms with Crippen LogP contribution in [-0.4, -0.2) is 66.8 Å². The zero-order valence-corrected chi connectivity index (χ0v) is 21.1. The molecule has 36 heavy (non-hydrogen) atoms. The molecule has 0 aromatic heterocycles. The molecule has 0 saturated heterocycles. The van der Waals surface area contributed by atoms with Crippen LogP contribution in [0.25, 0.3) is 11.1 Å². The van der Waals surface area contributed by atoms with Crippen LogP contribution >= 0.6 is 11.8 Å². The van der Waals surface area contributed by atoms with Gasteiger partial charge in [0.2, 0.25) is 0 Å². The van der Waals surface area contributed by atoms with Gasteiger partial charge in [0.25, 0.3) is 5.91 Å². The Labute approximate surface area is 213 Å². The summed E-state index contributed by atoms with van der Waals surface area (Å²) in [4.78, 5) is 28.0. The second-order valence-corrected chi connectivity index (χ2v) is 9.25. The number of hydrogen-bond acceptors (Lipinski definition) is 5. The summed E-state index contributed by atoms with van der Waals surface area (Å²) in [6, 6.07) is 16.3. The summed E-state index contributed by atoms with van der Waals surface area (Å²) in [6.07, 6.45) is 1.80. The van der Waals surface area contributed by atoms with Crippen molar-refractivity contribution >= 4 is 23.6 Å². The minimum Gasteiger partial charge on any atom is -0.489 e. The predicted octanol–water partition coefficient (Wildman–Crippen LogP) is 5.02. The molecule has 1 N–H and O–H groups in total. The topological polar surface area (TPSA) is 70.1 Å². The number of aliphatic carboxylic acids is 1. The molecule has 0 atom stereocenters. The fourth-order valence-electron chi connectivity index (χ4n) is 3.53. The molecule has 0 radical (unpaired) electrons. The van der Waals surface area contributed by atoms with Crippen LogP contribution in [-0.2, 0) is 11.4 Å². The highest BCUT2D eigenvalue weighted by atomic mass is 32.2. The summed E-state index contributed by atoms with van der Waals surface area (Å²) in [6.45, 7) is 0.649. The van der Waals surface area contributed by atoms with Crippen molar-refractivity contribution in [2.45, 2.75) is 11.5 Å². The van der Waals surface area contributed by atoms with Gasteiger partial charge in [-0.15, -0.1) is 11.8 Å². The van der Waals surface area contributed by atoms with Gasteiger partial charge in [0, 0.05) is 23.5 Å². The molecule has 0 heterocycles. The van der Waals surface area contributed by atoms with Crippen molar-refractivity contribution in [3.8, 4) is 16.9 Å². The van der Waals surface area contributed by atoms with Crippen LogP contribution in [0.1, 0.15) is 15.9 Å². The summed E-state index contributed by atoms with van der Waals surface area (Å²) >= 11 is 1.33. The average molecular weight is 515 g/mol. The zero-order chi connectivity index (χ0) is 26.2. The van der Waals surface area contributed by atoms with Gasteiger partial charge in [-0.05, 0) is 73.4 Å². The van der Waals surface area contributed by atoms with E-state index in [1.165, 1.54) is 28.8 Å². The maximum absolute atomic E-state index is 13.8. The molecule has 3 rings (SSSR count). The van der Waals surface area contributed by atoms with E-state index in [9.17, 15) is 23.5 Å². The first-order valence-electron chi connectivity index (χ1n) is 11.2. The Morgan fingerprint density at radius 1 is 0.972 bits per heavy atom. The Morgan fingerprint density at radius 2 is 1.67 bits per heavy atom. The number of hydrogen-bond donors (Lipinski definition) is 1. The van der Waals surface area contributed by atoms with Gasteiger partial charge in [-0.1, -0.05) is 24.3 Å². The van der Waals surface area contributed by atoms with E-state index in [-0.39, 0.29) is 19.1 Å². The molecule has 0 aliphatic rings. The van der Waals surface area contributed by atoms with E-state index in [2.05, 4.69) is 0 Å². The molecule has 0 fully saturated rings. The lowest BCUT2D eigenvalue weighted by molar-refractivity contribution is -0.137. The molecule has 3 aromatic carbocycles. The Morgan fingerprint density at radius 3 is 2.31 bits per heavy atom. The fourth-order valence-corrected chi connectivity index (χ4v) is 4.15. The lowest BCUT2D eigenvalue weighted by Crippen LogP contribution is -2.40. The molecule has 0 aliphatic heterocycles. The molecule has 1 amide bonds. The van der Waals surface area contributed by atoms with Crippen LogP contribution in [0.5, 0.6) is 5.75 Å². The smallest absolute Gasteiger partial charge is 0.323 e. The van der Waals surface area contributed by atoms with Gasteiger partial charge in [-0.2, -0.15) is 0 Å². The van der Waals surface area contributed by atoms with Crippen LogP contribution < -0.4 is 4.74 Å². The SMILES string of the molecule is CSc1cc(F)c(F)cc1-c1ccc(OCc2cccc(C(=O)N(CCN(C)C)CC(=O)O)c2)cc1.